The van der Waals surface area contributed by atoms with Gasteiger partial charge in [0.15, 0.2) is 17.8 Å². The average Bonchev–Trinajstić information content (AvgIpc) is 2.43. The highest BCUT2D eigenvalue weighted by atomic mass is 16.5. The Morgan fingerprint density at radius 2 is 2.15 bits per heavy atom. The summed E-state index contributed by atoms with van der Waals surface area (Å²) in [5.74, 6) is 0.410. The van der Waals surface area contributed by atoms with Crippen molar-refractivity contribution >= 4 is 18.1 Å². The molecular weight excluding hydrogens is 260 g/mol. The van der Waals surface area contributed by atoms with E-state index in [0.717, 1.165) is 5.56 Å². The fourth-order valence-electron chi connectivity index (χ4n) is 1.83. The van der Waals surface area contributed by atoms with E-state index in [4.69, 9.17) is 16.2 Å². The van der Waals surface area contributed by atoms with Crippen LogP contribution in [0.3, 0.4) is 0 Å². The van der Waals surface area contributed by atoms with Crippen LogP contribution in [0.1, 0.15) is 21.5 Å². The second kappa shape index (κ2) is 5.43. The van der Waals surface area contributed by atoms with Gasteiger partial charge in [-0.05, 0) is 17.7 Å². The fraction of sp³-hybridized carbons (Fsp3) is 0.154. The fourth-order valence-corrected chi connectivity index (χ4v) is 1.83. The molecule has 0 amide bonds. The molecule has 0 fully saturated rings. The number of aromatic nitrogens is 2. The first kappa shape index (κ1) is 13.6. The number of carbonyl (C=O) groups is 1. The van der Waals surface area contributed by atoms with E-state index < -0.39 is 0 Å². The molecule has 0 spiro atoms. The van der Waals surface area contributed by atoms with Gasteiger partial charge >= 0.3 is 0 Å². The summed E-state index contributed by atoms with van der Waals surface area (Å²) < 4.78 is 5.02. The molecule has 0 unspecified atom stereocenters. The molecule has 2 rings (SSSR count). The lowest BCUT2D eigenvalue weighted by Gasteiger charge is -2.10. The molecule has 1 aromatic carbocycles. The van der Waals surface area contributed by atoms with Crippen LogP contribution < -0.4 is 16.2 Å². The van der Waals surface area contributed by atoms with Crippen molar-refractivity contribution in [3.8, 4) is 11.5 Å². The second-order valence-corrected chi connectivity index (χ2v) is 4.17. The number of phenols is 1. The van der Waals surface area contributed by atoms with Gasteiger partial charge in [-0.3, -0.25) is 4.79 Å². The summed E-state index contributed by atoms with van der Waals surface area (Å²) in [6.45, 7) is 0. The van der Waals surface area contributed by atoms with Crippen molar-refractivity contribution < 1.29 is 14.6 Å². The number of aldehydes is 1. The maximum Gasteiger partial charge on any atom is 0.221 e. The minimum absolute atomic E-state index is 0.100. The molecule has 5 N–H and O–H groups in total. The van der Waals surface area contributed by atoms with Gasteiger partial charge in [0.25, 0.3) is 0 Å². The molecule has 104 valence electrons. The zero-order chi connectivity index (χ0) is 14.7. The predicted molar refractivity (Wildman–Crippen MR) is 73.7 cm³/mol. The highest BCUT2D eigenvalue weighted by Gasteiger charge is 2.12. The molecule has 0 aliphatic heterocycles. The molecule has 7 heteroatoms. The molecule has 0 aliphatic rings. The lowest BCUT2D eigenvalue weighted by atomic mass is 10.0. The van der Waals surface area contributed by atoms with Crippen LogP contribution in [-0.2, 0) is 6.42 Å². The molecule has 2 aromatic rings. The number of ether oxygens (including phenoxy) is 1. The molecule has 0 saturated carbocycles. The van der Waals surface area contributed by atoms with Crippen LogP contribution in [0.4, 0.5) is 11.8 Å². The van der Waals surface area contributed by atoms with E-state index in [1.807, 2.05) is 0 Å². The van der Waals surface area contributed by atoms with Gasteiger partial charge in [-0.1, -0.05) is 0 Å². The van der Waals surface area contributed by atoms with Gasteiger partial charge in [0.05, 0.1) is 12.7 Å². The Hall–Kier alpha value is -2.83. The number of anilines is 2. The second-order valence-electron chi connectivity index (χ2n) is 4.17. The van der Waals surface area contributed by atoms with Crippen LogP contribution in [0.25, 0.3) is 0 Å². The summed E-state index contributed by atoms with van der Waals surface area (Å²) in [6.07, 6.45) is 2.48. The van der Waals surface area contributed by atoms with Crippen LogP contribution in [0.5, 0.6) is 11.5 Å². The number of aromatic hydroxyl groups is 1. The highest BCUT2D eigenvalue weighted by molar-refractivity contribution is 5.81. The first-order valence-corrected chi connectivity index (χ1v) is 5.77. The van der Waals surface area contributed by atoms with Gasteiger partial charge in [0.2, 0.25) is 5.95 Å². The molecule has 0 saturated heterocycles. The average molecular weight is 274 g/mol. The number of benzene rings is 1. The maximum absolute atomic E-state index is 10.9. The maximum atomic E-state index is 10.9. The molecule has 0 bridgehead atoms. The molecule has 1 heterocycles. The summed E-state index contributed by atoms with van der Waals surface area (Å²) in [4.78, 5) is 18.7. The number of nitrogens with zero attached hydrogens (tertiary/aromatic N) is 2. The first-order valence-electron chi connectivity index (χ1n) is 5.77. The van der Waals surface area contributed by atoms with Gasteiger partial charge in [0, 0.05) is 18.2 Å². The number of rotatable bonds is 4. The van der Waals surface area contributed by atoms with Crippen molar-refractivity contribution in [2.45, 2.75) is 6.42 Å². The van der Waals surface area contributed by atoms with Crippen LogP contribution in [0.15, 0.2) is 18.3 Å². The number of phenolic OH excluding ortho intramolecular Hbond substituents is 1. The molecule has 7 nitrogen and oxygen atoms in total. The van der Waals surface area contributed by atoms with Crippen LogP contribution >= 0.6 is 0 Å². The van der Waals surface area contributed by atoms with Gasteiger partial charge < -0.3 is 21.3 Å². The Kier molecular flexibility index (Phi) is 3.69. The Bertz CT molecular complexity index is 658. The molecule has 1 aromatic heterocycles. The SMILES string of the molecule is COc1cc(Cc2cnc(N)nc2N)cc(C=O)c1O. The largest absolute Gasteiger partial charge is 0.504 e. The Balaban J connectivity index is 2.40. The minimum atomic E-state index is -0.187. The Labute approximate surface area is 115 Å². The van der Waals surface area contributed by atoms with E-state index in [-0.39, 0.29) is 28.8 Å². The Morgan fingerprint density at radius 3 is 2.75 bits per heavy atom. The van der Waals surface area contributed by atoms with Crippen molar-refractivity contribution in [2.75, 3.05) is 18.6 Å². The lowest BCUT2D eigenvalue weighted by Crippen LogP contribution is -2.04. The predicted octanol–water partition coefficient (Wildman–Crippen LogP) is 0.758. The van der Waals surface area contributed by atoms with Gasteiger partial charge in [-0.25, -0.2) is 4.98 Å². The number of methoxy groups -OCH3 is 1. The molecule has 0 radical (unpaired) electrons. The van der Waals surface area contributed by atoms with Gasteiger partial charge in [-0.15, -0.1) is 0 Å². The summed E-state index contributed by atoms with van der Waals surface area (Å²) in [6, 6.07) is 3.18. The van der Waals surface area contributed by atoms with Gasteiger partial charge in [-0.2, -0.15) is 4.98 Å². The standard InChI is InChI=1S/C13H14N4O3/c1-20-10-4-7(3-9(6-18)11(10)19)2-8-5-16-13(15)17-12(8)14/h3-6,19H,2H2,1H3,(H4,14,15,16,17). The summed E-state index contributed by atoms with van der Waals surface area (Å²) in [5, 5.41) is 9.75. The van der Waals surface area contributed by atoms with E-state index in [2.05, 4.69) is 9.97 Å². The van der Waals surface area contributed by atoms with Crippen LogP contribution in [-0.4, -0.2) is 28.5 Å². The first-order chi connectivity index (χ1) is 9.55. The normalized spacial score (nSPS) is 10.2. The topological polar surface area (TPSA) is 124 Å². The third kappa shape index (κ3) is 2.61. The van der Waals surface area contributed by atoms with E-state index in [9.17, 15) is 9.90 Å². The molecule has 0 aliphatic carbocycles. The molecule has 20 heavy (non-hydrogen) atoms. The van der Waals surface area contributed by atoms with Crippen molar-refractivity contribution in [2.24, 2.45) is 0 Å². The van der Waals surface area contributed by atoms with Crippen molar-refractivity contribution in [3.63, 3.8) is 0 Å². The zero-order valence-electron chi connectivity index (χ0n) is 10.8. The van der Waals surface area contributed by atoms with Crippen molar-refractivity contribution in [3.05, 3.63) is 35.0 Å². The third-order valence-electron chi connectivity index (χ3n) is 2.82. The van der Waals surface area contributed by atoms with Crippen LogP contribution in [0, 0.1) is 0 Å². The molecular formula is C13H14N4O3. The van der Waals surface area contributed by atoms with Crippen molar-refractivity contribution in [1.82, 2.24) is 9.97 Å². The van der Waals surface area contributed by atoms with E-state index in [1.54, 1.807) is 12.1 Å². The number of nitrogens with two attached hydrogens (primary N) is 2. The summed E-state index contributed by atoms with van der Waals surface area (Å²) in [5.41, 5.74) is 12.7. The number of carbonyl (C=O) groups excluding carboxylic acids is 1. The highest BCUT2D eigenvalue weighted by Crippen LogP contribution is 2.31. The monoisotopic (exact) mass is 274 g/mol. The van der Waals surface area contributed by atoms with E-state index in [1.165, 1.54) is 13.3 Å². The Morgan fingerprint density at radius 1 is 1.40 bits per heavy atom. The zero-order valence-corrected chi connectivity index (χ0v) is 10.8. The minimum Gasteiger partial charge on any atom is -0.504 e. The molecule has 0 atom stereocenters. The number of hydrogen-bond donors (Lipinski definition) is 3. The smallest absolute Gasteiger partial charge is 0.221 e. The van der Waals surface area contributed by atoms with E-state index >= 15 is 0 Å². The lowest BCUT2D eigenvalue weighted by molar-refractivity contribution is 0.112. The van der Waals surface area contributed by atoms with E-state index in [0.29, 0.717) is 18.3 Å². The third-order valence-corrected chi connectivity index (χ3v) is 2.82. The summed E-state index contributed by atoms with van der Waals surface area (Å²) >= 11 is 0. The van der Waals surface area contributed by atoms with Crippen molar-refractivity contribution in [1.29, 1.82) is 0 Å². The number of hydrogen-bond acceptors (Lipinski definition) is 7. The van der Waals surface area contributed by atoms with Gasteiger partial charge in [0.1, 0.15) is 5.82 Å². The quantitative estimate of drug-likeness (QED) is 0.703. The summed E-state index contributed by atoms with van der Waals surface area (Å²) in [7, 11) is 1.41. The number of nitrogen functional groups attached to an aromatic ring is 2. The van der Waals surface area contributed by atoms with Crippen LogP contribution in [0.2, 0.25) is 0 Å².